The van der Waals surface area contributed by atoms with Gasteiger partial charge in [0.05, 0.1) is 6.04 Å². The van der Waals surface area contributed by atoms with Crippen LogP contribution in [0.4, 0.5) is 5.69 Å². The van der Waals surface area contributed by atoms with Crippen molar-refractivity contribution in [3.8, 4) is 0 Å². The largest absolute Gasteiger partial charge is 0.368 e. The Bertz CT molecular complexity index is 498. The van der Waals surface area contributed by atoms with Crippen LogP contribution in [0.25, 0.3) is 0 Å². The summed E-state index contributed by atoms with van der Waals surface area (Å²) in [5.41, 5.74) is 8.30. The fourth-order valence-electron chi connectivity index (χ4n) is 2.76. The second-order valence-electron chi connectivity index (χ2n) is 5.64. The van der Waals surface area contributed by atoms with Gasteiger partial charge in [-0.15, -0.1) is 0 Å². The van der Waals surface area contributed by atoms with Crippen molar-refractivity contribution in [3.05, 3.63) is 28.8 Å². The molecule has 2 rings (SSSR count). The van der Waals surface area contributed by atoms with E-state index in [1.807, 2.05) is 30.0 Å². The van der Waals surface area contributed by atoms with Crippen LogP contribution >= 0.6 is 11.6 Å². The number of rotatable bonds is 4. The smallest absolute Gasteiger partial charge is 0.239 e. The second-order valence-corrected chi connectivity index (χ2v) is 6.07. The average molecular weight is 310 g/mol. The van der Waals surface area contributed by atoms with Crippen LogP contribution in [-0.4, -0.2) is 43.0 Å². The Morgan fingerprint density at radius 3 is 2.62 bits per heavy atom. The molecule has 2 N–H and O–H groups in total. The summed E-state index contributed by atoms with van der Waals surface area (Å²) in [5, 5.41) is 0.749. The van der Waals surface area contributed by atoms with Crippen LogP contribution < -0.4 is 10.6 Å². The first-order chi connectivity index (χ1) is 10.0. The van der Waals surface area contributed by atoms with Crippen LogP contribution in [0.15, 0.2) is 18.2 Å². The number of halogens is 1. The zero-order valence-electron chi connectivity index (χ0n) is 12.8. The van der Waals surface area contributed by atoms with Gasteiger partial charge in [-0.3, -0.25) is 4.79 Å². The summed E-state index contributed by atoms with van der Waals surface area (Å²) in [4.78, 5) is 16.4. The molecule has 0 aliphatic carbocycles. The highest BCUT2D eigenvalue weighted by atomic mass is 35.5. The minimum absolute atomic E-state index is 0.0827. The van der Waals surface area contributed by atoms with E-state index in [0.29, 0.717) is 0 Å². The summed E-state index contributed by atoms with van der Waals surface area (Å²) in [6.07, 6.45) is 1.70. The Kier molecular flexibility index (Phi) is 5.48. The van der Waals surface area contributed by atoms with Gasteiger partial charge in [0, 0.05) is 36.9 Å². The van der Waals surface area contributed by atoms with E-state index in [4.69, 9.17) is 17.3 Å². The molecule has 1 saturated heterocycles. The maximum Gasteiger partial charge on any atom is 0.239 e. The molecule has 21 heavy (non-hydrogen) atoms. The van der Waals surface area contributed by atoms with Crippen LogP contribution in [0.1, 0.15) is 25.3 Å². The summed E-state index contributed by atoms with van der Waals surface area (Å²) in [7, 11) is 0. The Balaban J connectivity index is 1.97. The monoisotopic (exact) mass is 309 g/mol. The lowest BCUT2D eigenvalue weighted by molar-refractivity contribution is -0.133. The number of aryl methyl sites for hydroxylation is 1. The summed E-state index contributed by atoms with van der Waals surface area (Å²) in [6.45, 7) is 7.23. The molecule has 0 aromatic heterocycles. The molecule has 1 aliphatic rings. The second kappa shape index (κ2) is 7.14. The fraction of sp³-hybridized carbons (Fsp3) is 0.562. The number of benzene rings is 1. The lowest BCUT2D eigenvalue weighted by Crippen LogP contribution is -2.53. The molecule has 4 nitrogen and oxygen atoms in total. The number of carbonyl (C=O) groups excluding carboxylic acids is 1. The third kappa shape index (κ3) is 3.89. The molecular formula is C16H24ClN3O. The highest BCUT2D eigenvalue weighted by Crippen LogP contribution is 2.25. The van der Waals surface area contributed by atoms with E-state index >= 15 is 0 Å². The average Bonchev–Trinajstić information content (AvgIpc) is 2.49. The molecule has 0 saturated carbocycles. The fourth-order valence-corrected chi connectivity index (χ4v) is 2.93. The van der Waals surface area contributed by atoms with Gasteiger partial charge in [0.2, 0.25) is 5.91 Å². The van der Waals surface area contributed by atoms with Crippen molar-refractivity contribution in [2.24, 2.45) is 5.73 Å². The van der Waals surface area contributed by atoms with Crippen molar-refractivity contribution in [1.82, 2.24) is 4.90 Å². The van der Waals surface area contributed by atoms with Gasteiger partial charge < -0.3 is 15.5 Å². The number of hydrogen-bond acceptors (Lipinski definition) is 3. The Morgan fingerprint density at radius 2 is 2.00 bits per heavy atom. The molecule has 1 aromatic carbocycles. The summed E-state index contributed by atoms with van der Waals surface area (Å²) in [6, 6.07) is 5.59. The minimum atomic E-state index is -0.352. The molecule has 1 heterocycles. The molecule has 5 heteroatoms. The molecule has 1 amide bonds. The maximum atomic E-state index is 12.2. The number of nitrogens with zero attached hydrogens (tertiary/aromatic N) is 2. The van der Waals surface area contributed by atoms with Crippen LogP contribution in [0.2, 0.25) is 5.02 Å². The van der Waals surface area contributed by atoms with E-state index in [9.17, 15) is 4.79 Å². The quantitative estimate of drug-likeness (QED) is 0.929. The van der Waals surface area contributed by atoms with Crippen molar-refractivity contribution < 1.29 is 4.79 Å². The summed E-state index contributed by atoms with van der Waals surface area (Å²) in [5.74, 6) is 0.0827. The number of piperazine rings is 1. The summed E-state index contributed by atoms with van der Waals surface area (Å²) < 4.78 is 0. The number of carbonyl (C=O) groups is 1. The Morgan fingerprint density at radius 1 is 1.33 bits per heavy atom. The van der Waals surface area contributed by atoms with Crippen molar-refractivity contribution in [3.63, 3.8) is 0 Å². The van der Waals surface area contributed by atoms with Crippen LogP contribution in [0, 0.1) is 6.92 Å². The number of anilines is 1. The first-order valence-corrected chi connectivity index (χ1v) is 7.96. The van der Waals surface area contributed by atoms with Gasteiger partial charge in [0.25, 0.3) is 0 Å². The molecule has 0 bridgehead atoms. The van der Waals surface area contributed by atoms with Crippen LogP contribution in [0.5, 0.6) is 0 Å². The number of amides is 1. The van der Waals surface area contributed by atoms with Crippen molar-refractivity contribution >= 4 is 23.2 Å². The van der Waals surface area contributed by atoms with Crippen LogP contribution in [-0.2, 0) is 4.79 Å². The molecule has 1 aliphatic heterocycles. The Labute approximate surface area is 131 Å². The maximum absolute atomic E-state index is 12.2. The summed E-state index contributed by atoms with van der Waals surface area (Å²) >= 11 is 6.08. The highest BCUT2D eigenvalue weighted by molar-refractivity contribution is 6.30. The van der Waals surface area contributed by atoms with Crippen molar-refractivity contribution in [2.75, 3.05) is 31.1 Å². The van der Waals surface area contributed by atoms with Crippen molar-refractivity contribution in [2.45, 2.75) is 32.7 Å². The van der Waals surface area contributed by atoms with Gasteiger partial charge in [0.15, 0.2) is 0 Å². The number of hydrogen-bond donors (Lipinski definition) is 1. The van der Waals surface area contributed by atoms with Crippen molar-refractivity contribution in [1.29, 1.82) is 0 Å². The van der Waals surface area contributed by atoms with E-state index in [0.717, 1.165) is 49.7 Å². The van der Waals surface area contributed by atoms with E-state index in [-0.39, 0.29) is 11.9 Å². The zero-order chi connectivity index (χ0) is 15.4. The van der Waals surface area contributed by atoms with Gasteiger partial charge in [-0.1, -0.05) is 31.0 Å². The third-order valence-electron chi connectivity index (χ3n) is 4.02. The zero-order valence-corrected chi connectivity index (χ0v) is 13.6. The molecule has 116 valence electrons. The van der Waals surface area contributed by atoms with Gasteiger partial charge in [-0.05, 0) is 31.0 Å². The SMILES string of the molecule is CCCC(N)C(=O)N1CCN(c2cc(Cl)ccc2C)CC1. The molecule has 1 atom stereocenters. The van der Waals surface area contributed by atoms with Gasteiger partial charge in [-0.2, -0.15) is 0 Å². The molecule has 1 unspecified atom stereocenters. The normalized spacial score (nSPS) is 17.0. The molecule has 1 aromatic rings. The Hall–Kier alpha value is -1.26. The molecule has 0 radical (unpaired) electrons. The van der Waals surface area contributed by atoms with Crippen LogP contribution in [0.3, 0.4) is 0 Å². The third-order valence-corrected chi connectivity index (χ3v) is 4.26. The standard InChI is InChI=1S/C16H24ClN3O/c1-3-4-14(18)16(21)20-9-7-19(8-10-20)15-11-13(17)6-5-12(15)2/h5-6,11,14H,3-4,7-10,18H2,1-2H3. The van der Waals surface area contributed by atoms with Gasteiger partial charge in [-0.25, -0.2) is 0 Å². The predicted octanol–water partition coefficient (Wildman–Crippen LogP) is 2.42. The predicted molar refractivity (Wildman–Crippen MR) is 87.9 cm³/mol. The first kappa shape index (κ1) is 16.1. The minimum Gasteiger partial charge on any atom is -0.368 e. The molecule has 1 fully saturated rings. The highest BCUT2D eigenvalue weighted by Gasteiger charge is 2.25. The lowest BCUT2D eigenvalue weighted by Gasteiger charge is -2.37. The van der Waals surface area contributed by atoms with Gasteiger partial charge >= 0.3 is 0 Å². The molecular weight excluding hydrogens is 286 g/mol. The van der Waals surface area contributed by atoms with E-state index < -0.39 is 0 Å². The first-order valence-electron chi connectivity index (χ1n) is 7.58. The van der Waals surface area contributed by atoms with Gasteiger partial charge in [0.1, 0.15) is 0 Å². The van der Waals surface area contributed by atoms with E-state index in [1.165, 1.54) is 5.56 Å². The van der Waals surface area contributed by atoms with E-state index in [1.54, 1.807) is 0 Å². The topological polar surface area (TPSA) is 49.6 Å². The lowest BCUT2D eigenvalue weighted by atomic mass is 10.1. The molecule has 0 spiro atoms. The number of nitrogens with two attached hydrogens (primary N) is 1. The van der Waals surface area contributed by atoms with E-state index in [2.05, 4.69) is 11.8 Å².